The van der Waals surface area contributed by atoms with Gasteiger partial charge in [0.1, 0.15) is 0 Å². The predicted molar refractivity (Wildman–Crippen MR) is 21.1 cm³/mol. The molecule has 0 fully saturated rings. The summed E-state index contributed by atoms with van der Waals surface area (Å²) >= 11 is 0. The molecule has 2 nitrogen and oxygen atoms in total. The maximum Gasteiger partial charge on any atom is 0.335 e. The van der Waals surface area contributed by atoms with Crippen LogP contribution in [0.3, 0.4) is 0 Å². The number of carboxylic acid groups (broad SMARTS) is 1. The minimum absolute atomic E-state index is 0. The third kappa shape index (κ3) is 64.3. The van der Waals surface area contributed by atoms with E-state index >= 15 is 0 Å². The molecule has 0 spiro atoms. The molecule has 0 amide bonds. The average Bonchev–Trinajstić information content (AvgIpc) is 1.38. The molecule has 0 aliphatic rings. The van der Waals surface area contributed by atoms with Crippen LogP contribution >= 0.6 is 0 Å². The van der Waals surface area contributed by atoms with Crippen molar-refractivity contribution >= 4 is 5.97 Å². The van der Waals surface area contributed by atoms with Gasteiger partial charge in [0.05, 0.1) is 0 Å². The van der Waals surface area contributed by atoms with E-state index in [0.717, 1.165) is 0 Å². The van der Waals surface area contributed by atoms with Crippen molar-refractivity contribution in [1.82, 2.24) is 0 Å². The number of aliphatic carboxylic acids is 1. The van der Waals surface area contributed by atoms with E-state index in [9.17, 15) is 4.39 Å². The molecule has 0 saturated carbocycles. The zero-order chi connectivity index (χ0) is 4.28. The molecular weight excluding hydrogens is 132 g/mol. The van der Waals surface area contributed by atoms with Crippen LogP contribution in [0.25, 0.3) is 0 Å². The number of hydrogen-bond acceptors (Lipinski definition) is 1. The van der Waals surface area contributed by atoms with Gasteiger partial charge in [0.15, 0.2) is 6.67 Å². The van der Waals surface area contributed by atoms with Crippen LogP contribution in [0.1, 0.15) is 0 Å². The Morgan fingerprint density at radius 2 is 1.50 bits per heavy atom. The van der Waals surface area contributed by atoms with Gasteiger partial charge in [-0.3, -0.25) is 14.1 Å². The molecule has 0 aromatic carbocycles. The summed E-state index contributed by atoms with van der Waals surface area (Å²) in [5.41, 5.74) is 0. The quantitative estimate of drug-likeness (QED) is 0.535. The first-order valence-electron chi connectivity index (χ1n) is 1.05. The molecule has 0 saturated heterocycles. The van der Waals surface area contributed by atoms with Crippen molar-refractivity contribution < 1.29 is 28.4 Å². The number of halogens is 4. The number of rotatable bonds is 1. The maximum absolute atomic E-state index is 10.5. The fourth-order valence-corrected chi connectivity index (χ4v) is 0. The molecular formula is C2H6F4O2. The summed E-state index contributed by atoms with van der Waals surface area (Å²) < 4.78 is 10.5. The van der Waals surface area contributed by atoms with Crippen molar-refractivity contribution in [2.75, 3.05) is 6.67 Å². The molecule has 0 aliphatic heterocycles. The van der Waals surface area contributed by atoms with Gasteiger partial charge >= 0.3 is 5.97 Å². The Morgan fingerprint density at radius 1 is 1.38 bits per heavy atom. The second-order valence-electron chi connectivity index (χ2n) is 0.527. The summed E-state index contributed by atoms with van der Waals surface area (Å²) in [6.45, 7) is -1.28. The highest BCUT2D eigenvalue weighted by Gasteiger charge is 1.85. The van der Waals surface area contributed by atoms with Gasteiger partial charge in [-0.1, -0.05) is 0 Å². The number of carboxylic acids is 1. The van der Waals surface area contributed by atoms with Crippen molar-refractivity contribution in [3.8, 4) is 0 Å². The molecule has 0 aliphatic carbocycles. The second-order valence-corrected chi connectivity index (χ2v) is 0.527. The Balaban J connectivity index is -0.0000000267. The van der Waals surface area contributed by atoms with E-state index < -0.39 is 12.6 Å². The Morgan fingerprint density at radius 3 is 1.50 bits per heavy atom. The fraction of sp³-hybridized carbons (Fsp3) is 0.500. The van der Waals surface area contributed by atoms with Crippen molar-refractivity contribution in [1.29, 1.82) is 0 Å². The van der Waals surface area contributed by atoms with Gasteiger partial charge in [-0.2, -0.15) is 0 Å². The van der Waals surface area contributed by atoms with E-state index in [1.807, 2.05) is 0 Å². The molecule has 0 atom stereocenters. The molecule has 54 valence electrons. The normalized spacial score (nSPS) is 4.62. The Labute approximate surface area is 42.4 Å². The van der Waals surface area contributed by atoms with Crippen LogP contribution in [0.4, 0.5) is 18.5 Å². The lowest BCUT2D eigenvalue weighted by Crippen LogP contribution is -1.93. The molecule has 0 aromatic heterocycles. The minimum Gasteiger partial charge on any atom is -0.479 e. The van der Waals surface area contributed by atoms with Gasteiger partial charge in [0.2, 0.25) is 0 Å². The van der Waals surface area contributed by atoms with Crippen LogP contribution in [-0.2, 0) is 4.79 Å². The molecule has 0 rings (SSSR count). The van der Waals surface area contributed by atoms with Gasteiger partial charge in [-0.15, -0.1) is 0 Å². The van der Waals surface area contributed by atoms with E-state index in [2.05, 4.69) is 0 Å². The van der Waals surface area contributed by atoms with E-state index in [4.69, 9.17) is 9.90 Å². The van der Waals surface area contributed by atoms with Crippen molar-refractivity contribution in [2.24, 2.45) is 0 Å². The SMILES string of the molecule is F.F.F.O=C(O)CF. The minimum atomic E-state index is -1.41. The summed E-state index contributed by atoms with van der Waals surface area (Å²) in [4.78, 5) is 8.99. The largest absolute Gasteiger partial charge is 0.479 e. The Bertz CT molecular complexity index is 47.3. The molecule has 1 N–H and O–H groups in total. The molecule has 0 heterocycles. The van der Waals surface area contributed by atoms with Crippen LogP contribution in [0, 0.1) is 0 Å². The van der Waals surface area contributed by atoms with Crippen LogP contribution in [0.2, 0.25) is 0 Å². The highest BCUT2D eigenvalue weighted by Crippen LogP contribution is 1.60. The summed E-state index contributed by atoms with van der Waals surface area (Å²) in [6, 6.07) is 0. The zero-order valence-electron chi connectivity index (χ0n) is 3.67. The highest BCUT2D eigenvalue weighted by atomic mass is 19.1. The van der Waals surface area contributed by atoms with Gasteiger partial charge < -0.3 is 5.11 Å². The molecule has 0 bridgehead atoms. The first-order valence-corrected chi connectivity index (χ1v) is 1.05. The van der Waals surface area contributed by atoms with Gasteiger partial charge in [-0.25, -0.2) is 9.18 Å². The summed E-state index contributed by atoms with van der Waals surface area (Å²) in [7, 11) is 0. The van der Waals surface area contributed by atoms with E-state index in [1.165, 1.54) is 0 Å². The predicted octanol–water partition coefficient (Wildman–Crippen LogP) is 0.498. The van der Waals surface area contributed by atoms with Crippen LogP contribution in [-0.4, -0.2) is 17.8 Å². The summed E-state index contributed by atoms with van der Waals surface area (Å²) in [6.07, 6.45) is 0. The standard InChI is InChI=1S/C2H3FO2.3FH/c3-1-2(4)5;;;/h1H2,(H,4,5);3*1H. The van der Waals surface area contributed by atoms with Gasteiger partial charge in [0, 0.05) is 0 Å². The highest BCUT2D eigenvalue weighted by molar-refractivity contribution is 5.67. The topological polar surface area (TPSA) is 37.3 Å². The third-order valence-corrected chi connectivity index (χ3v) is 0.114. The lowest BCUT2D eigenvalue weighted by Gasteiger charge is -1.69. The number of alkyl halides is 1. The smallest absolute Gasteiger partial charge is 0.335 e. The summed E-state index contributed by atoms with van der Waals surface area (Å²) in [5.74, 6) is -1.41. The summed E-state index contributed by atoms with van der Waals surface area (Å²) in [5, 5.41) is 7.35. The fourth-order valence-electron chi connectivity index (χ4n) is 0. The molecule has 8 heavy (non-hydrogen) atoms. The lowest BCUT2D eigenvalue weighted by molar-refractivity contribution is -0.137. The van der Waals surface area contributed by atoms with Crippen LogP contribution in [0.15, 0.2) is 0 Å². The van der Waals surface area contributed by atoms with Crippen molar-refractivity contribution in [3.05, 3.63) is 0 Å². The molecule has 0 aromatic rings. The Hall–Kier alpha value is -0.810. The van der Waals surface area contributed by atoms with Crippen molar-refractivity contribution in [3.63, 3.8) is 0 Å². The van der Waals surface area contributed by atoms with E-state index in [0.29, 0.717) is 0 Å². The third-order valence-electron chi connectivity index (χ3n) is 0.114. The monoisotopic (exact) mass is 138 g/mol. The molecule has 6 heteroatoms. The maximum atomic E-state index is 10.5. The van der Waals surface area contributed by atoms with Crippen LogP contribution < -0.4 is 0 Å². The van der Waals surface area contributed by atoms with Crippen LogP contribution in [0.5, 0.6) is 0 Å². The van der Waals surface area contributed by atoms with Gasteiger partial charge in [0.25, 0.3) is 0 Å². The number of hydrogen-bond donors (Lipinski definition) is 1. The lowest BCUT2D eigenvalue weighted by atomic mass is 10.8. The average molecular weight is 138 g/mol. The Kier molecular flexibility index (Phi) is 55.4. The number of carbonyl (C=O) groups is 1. The van der Waals surface area contributed by atoms with Crippen molar-refractivity contribution in [2.45, 2.75) is 0 Å². The molecule has 0 unspecified atom stereocenters. The zero-order valence-corrected chi connectivity index (χ0v) is 3.67. The molecule has 0 radical (unpaired) electrons. The van der Waals surface area contributed by atoms with E-state index in [1.54, 1.807) is 0 Å². The first kappa shape index (κ1) is 27.1. The first-order chi connectivity index (χ1) is 2.27. The second kappa shape index (κ2) is 16.4. The van der Waals surface area contributed by atoms with E-state index in [-0.39, 0.29) is 14.1 Å². The van der Waals surface area contributed by atoms with Gasteiger partial charge in [-0.05, 0) is 0 Å².